The number of ether oxygens (including phenoxy) is 1. The minimum Gasteiger partial charge on any atom is -0.489 e. The molecule has 0 fully saturated rings. The maximum absolute atomic E-state index is 13.2. The van der Waals surface area contributed by atoms with Crippen LogP contribution in [0.25, 0.3) is 11.0 Å². The number of hydrogen-bond acceptors (Lipinski definition) is 3. The van der Waals surface area contributed by atoms with Gasteiger partial charge < -0.3 is 15.0 Å². The quantitative estimate of drug-likeness (QED) is 0.529. The van der Waals surface area contributed by atoms with Gasteiger partial charge in [0.1, 0.15) is 23.7 Å². The molecule has 3 aromatic rings. The van der Waals surface area contributed by atoms with Gasteiger partial charge in [-0.3, -0.25) is 0 Å². The Morgan fingerprint density at radius 3 is 2.76 bits per heavy atom. The predicted molar refractivity (Wildman–Crippen MR) is 85.9 cm³/mol. The van der Waals surface area contributed by atoms with Gasteiger partial charge in [0.25, 0.3) is 0 Å². The second kappa shape index (κ2) is 6.62. The number of benzene rings is 2. The Morgan fingerprint density at radius 1 is 1.20 bits per heavy atom. The van der Waals surface area contributed by atoms with Gasteiger partial charge in [-0.1, -0.05) is 12.1 Å². The van der Waals surface area contributed by atoms with Crippen LogP contribution in [0.3, 0.4) is 0 Å². The van der Waals surface area contributed by atoms with Crippen LogP contribution in [-0.4, -0.2) is 23.1 Å². The van der Waals surface area contributed by atoms with Crippen LogP contribution >= 0.6 is 0 Å². The van der Waals surface area contributed by atoms with E-state index in [1.54, 1.807) is 12.1 Å². The molecule has 25 heavy (non-hydrogen) atoms. The molecule has 2 N–H and O–H groups in total. The van der Waals surface area contributed by atoms with E-state index in [0.717, 1.165) is 0 Å². The molecule has 2 aromatic carbocycles. The summed E-state index contributed by atoms with van der Waals surface area (Å²) in [6, 6.07) is 8.77. The molecule has 1 radical (unpaired) electrons. The maximum atomic E-state index is 13.2. The van der Waals surface area contributed by atoms with Gasteiger partial charge in [-0.2, -0.15) is 13.2 Å². The van der Waals surface area contributed by atoms with E-state index >= 15 is 0 Å². The molecule has 8 heteroatoms. The van der Waals surface area contributed by atoms with Crippen molar-refractivity contribution in [1.82, 2.24) is 9.97 Å². The molecule has 0 atom stereocenters. The summed E-state index contributed by atoms with van der Waals surface area (Å²) in [6.07, 6.45) is -4.56. The van der Waals surface area contributed by atoms with Gasteiger partial charge in [-0.15, -0.1) is 0 Å². The van der Waals surface area contributed by atoms with Crippen molar-refractivity contribution in [3.05, 3.63) is 60.5 Å². The minimum atomic E-state index is -4.56. The summed E-state index contributed by atoms with van der Waals surface area (Å²) in [6.45, 7) is 4.25. The number of alkyl halides is 3. The number of anilines is 1. The smallest absolute Gasteiger partial charge is 0.449 e. The fraction of sp³-hybridized carbons (Fsp3) is 0.176. The zero-order valence-electron chi connectivity index (χ0n) is 13.0. The largest absolute Gasteiger partial charge is 0.489 e. The maximum Gasteiger partial charge on any atom is 0.449 e. The monoisotopic (exact) mass is 352 g/mol. The Bertz CT molecular complexity index is 889. The fourth-order valence-corrected chi connectivity index (χ4v) is 2.32. The third kappa shape index (κ3) is 3.84. The van der Waals surface area contributed by atoms with Gasteiger partial charge in [0.05, 0.1) is 5.52 Å². The third-order valence-corrected chi connectivity index (χ3v) is 3.49. The Morgan fingerprint density at radius 2 is 2.00 bits per heavy atom. The molecular formula is C17H14F4N3O. The van der Waals surface area contributed by atoms with E-state index in [9.17, 15) is 17.6 Å². The molecule has 0 bridgehead atoms. The molecule has 0 unspecified atom stereocenters. The number of halogens is 4. The molecule has 0 saturated heterocycles. The summed E-state index contributed by atoms with van der Waals surface area (Å²) in [5.41, 5.74) is 1.51. The van der Waals surface area contributed by atoms with Crippen LogP contribution < -0.4 is 10.1 Å². The van der Waals surface area contributed by atoms with Crippen molar-refractivity contribution >= 4 is 16.7 Å². The lowest BCUT2D eigenvalue weighted by Gasteiger charge is -2.11. The van der Waals surface area contributed by atoms with Crippen molar-refractivity contribution in [1.29, 1.82) is 0 Å². The molecule has 3 rings (SSSR count). The number of nitrogens with one attached hydrogen (secondary N) is 2. The molecule has 0 saturated carbocycles. The first-order valence-corrected chi connectivity index (χ1v) is 7.39. The standard InChI is InChI=1S/C17H14F4N3O/c1-10-5-6-11(18)9-13(10)22-7-8-25-14-4-2-3-12-15(14)24-16(23-12)17(19,20)21/h2-6,9,22H,1,7-8H2,(H,23,24). The second-order valence-corrected chi connectivity index (χ2v) is 5.31. The van der Waals surface area contributed by atoms with Crippen molar-refractivity contribution in [3.63, 3.8) is 0 Å². The van der Waals surface area contributed by atoms with Gasteiger partial charge in [0, 0.05) is 12.2 Å². The van der Waals surface area contributed by atoms with Crippen molar-refractivity contribution < 1.29 is 22.3 Å². The van der Waals surface area contributed by atoms with E-state index in [0.29, 0.717) is 17.8 Å². The number of H-pyrrole nitrogens is 1. The van der Waals surface area contributed by atoms with Crippen LogP contribution in [0.15, 0.2) is 36.4 Å². The zero-order valence-corrected chi connectivity index (χ0v) is 13.0. The number of fused-ring (bicyclic) bond motifs is 1. The van der Waals surface area contributed by atoms with Crippen molar-refractivity contribution in [2.45, 2.75) is 6.18 Å². The van der Waals surface area contributed by atoms with Crippen LogP contribution in [0.5, 0.6) is 5.75 Å². The molecule has 0 aliphatic heterocycles. The van der Waals surface area contributed by atoms with Crippen LogP contribution in [0.2, 0.25) is 0 Å². The molecule has 131 valence electrons. The normalized spacial score (nSPS) is 11.7. The summed E-state index contributed by atoms with van der Waals surface area (Å²) in [5, 5.41) is 2.97. The van der Waals surface area contributed by atoms with Crippen LogP contribution in [0.1, 0.15) is 11.4 Å². The van der Waals surface area contributed by atoms with Gasteiger partial charge in [-0.05, 0) is 36.8 Å². The van der Waals surface area contributed by atoms with Gasteiger partial charge in [0.2, 0.25) is 5.82 Å². The highest BCUT2D eigenvalue weighted by atomic mass is 19.4. The molecule has 0 spiro atoms. The third-order valence-electron chi connectivity index (χ3n) is 3.49. The highest BCUT2D eigenvalue weighted by molar-refractivity contribution is 5.81. The molecule has 0 amide bonds. The number of aromatic amines is 1. The molecule has 4 nitrogen and oxygen atoms in total. The van der Waals surface area contributed by atoms with Crippen molar-refractivity contribution in [3.8, 4) is 5.75 Å². The number of hydrogen-bond donors (Lipinski definition) is 2. The topological polar surface area (TPSA) is 49.9 Å². The molecule has 1 aromatic heterocycles. The van der Waals surface area contributed by atoms with E-state index in [1.807, 2.05) is 0 Å². The highest BCUT2D eigenvalue weighted by Gasteiger charge is 2.35. The molecular weight excluding hydrogens is 338 g/mol. The minimum absolute atomic E-state index is 0.110. The summed E-state index contributed by atoms with van der Waals surface area (Å²) in [7, 11) is 0. The summed E-state index contributed by atoms with van der Waals surface area (Å²) >= 11 is 0. The highest BCUT2D eigenvalue weighted by Crippen LogP contribution is 2.31. The average molecular weight is 352 g/mol. The van der Waals surface area contributed by atoms with E-state index in [2.05, 4.69) is 22.2 Å². The van der Waals surface area contributed by atoms with Crippen LogP contribution in [-0.2, 0) is 6.18 Å². The molecule has 0 aliphatic carbocycles. The Labute approximate surface area is 140 Å². The Kier molecular flexibility index (Phi) is 4.52. The first-order chi connectivity index (χ1) is 11.8. The number of nitrogens with zero attached hydrogens (tertiary/aromatic N) is 1. The second-order valence-electron chi connectivity index (χ2n) is 5.31. The zero-order chi connectivity index (χ0) is 18.0. The molecule has 1 heterocycles. The average Bonchev–Trinajstić information content (AvgIpc) is 3.00. The Balaban J connectivity index is 1.67. The van der Waals surface area contributed by atoms with Gasteiger partial charge >= 0.3 is 6.18 Å². The fourth-order valence-electron chi connectivity index (χ4n) is 2.32. The van der Waals surface area contributed by atoms with E-state index in [4.69, 9.17) is 4.74 Å². The van der Waals surface area contributed by atoms with Gasteiger partial charge in [0.15, 0.2) is 0 Å². The number of para-hydroxylation sites is 1. The summed E-state index contributed by atoms with van der Waals surface area (Å²) in [4.78, 5) is 5.79. The van der Waals surface area contributed by atoms with E-state index in [-0.39, 0.29) is 23.4 Å². The first-order valence-electron chi connectivity index (χ1n) is 7.39. The number of imidazole rings is 1. The van der Waals surface area contributed by atoms with Crippen LogP contribution in [0, 0.1) is 12.7 Å². The Hall–Kier alpha value is -2.77. The van der Waals surface area contributed by atoms with Crippen molar-refractivity contribution in [2.24, 2.45) is 0 Å². The SMILES string of the molecule is [CH2]c1ccc(F)cc1NCCOc1cccc2[nH]c(C(F)(F)F)nc12. The molecule has 0 aliphatic rings. The predicted octanol–water partition coefficient (Wildman–Crippen LogP) is 4.39. The lowest BCUT2D eigenvalue weighted by Crippen LogP contribution is -2.12. The van der Waals surface area contributed by atoms with E-state index < -0.39 is 17.8 Å². The number of aromatic nitrogens is 2. The van der Waals surface area contributed by atoms with Gasteiger partial charge in [-0.25, -0.2) is 9.37 Å². The summed E-state index contributed by atoms with van der Waals surface area (Å²) < 4.78 is 56.9. The first kappa shape index (κ1) is 17.1. The summed E-state index contributed by atoms with van der Waals surface area (Å²) in [5.74, 6) is -1.23. The number of rotatable bonds is 5. The van der Waals surface area contributed by atoms with Crippen molar-refractivity contribution in [2.75, 3.05) is 18.5 Å². The lowest BCUT2D eigenvalue weighted by atomic mass is 10.2. The lowest BCUT2D eigenvalue weighted by molar-refractivity contribution is -0.144. The van der Waals surface area contributed by atoms with Crippen LogP contribution in [0.4, 0.5) is 23.2 Å². The van der Waals surface area contributed by atoms with E-state index in [1.165, 1.54) is 24.3 Å².